The second-order valence-electron chi connectivity index (χ2n) is 7.32. The summed E-state index contributed by atoms with van der Waals surface area (Å²) in [4.78, 5) is 29.0. The third kappa shape index (κ3) is 4.77. The van der Waals surface area contributed by atoms with Crippen LogP contribution in [0.25, 0.3) is 0 Å². The molecule has 1 aromatic rings. The number of nitrogens with one attached hydrogen (secondary N) is 1. The van der Waals surface area contributed by atoms with Gasteiger partial charge in [0.1, 0.15) is 0 Å². The van der Waals surface area contributed by atoms with E-state index >= 15 is 0 Å². The van der Waals surface area contributed by atoms with Crippen molar-refractivity contribution in [1.82, 2.24) is 10.2 Å². The van der Waals surface area contributed by atoms with Crippen LogP contribution < -0.4 is 10.2 Å². The molecular weight excluding hydrogens is 350 g/mol. The Bertz CT molecular complexity index is 625. The van der Waals surface area contributed by atoms with Crippen LogP contribution in [-0.2, 0) is 4.79 Å². The molecule has 1 heterocycles. The van der Waals surface area contributed by atoms with Gasteiger partial charge in [-0.25, -0.2) is 0 Å². The number of hydrogen-bond acceptors (Lipinski definition) is 3. The van der Waals surface area contributed by atoms with Gasteiger partial charge in [0.15, 0.2) is 0 Å². The third-order valence-electron chi connectivity index (χ3n) is 5.46. The highest BCUT2D eigenvalue weighted by molar-refractivity contribution is 6.05. The van der Waals surface area contributed by atoms with E-state index < -0.39 is 0 Å². The topological polar surface area (TPSA) is 52.7 Å². The van der Waals surface area contributed by atoms with Crippen LogP contribution in [-0.4, -0.2) is 50.4 Å². The van der Waals surface area contributed by atoms with E-state index in [1.165, 1.54) is 6.42 Å². The molecule has 0 aromatic heterocycles. The number of nitrogens with zero attached hydrogens (tertiary/aromatic N) is 2. The number of para-hydroxylation sites is 1. The van der Waals surface area contributed by atoms with E-state index in [2.05, 4.69) is 5.32 Å². The average molecular weight is 380 g/mol. The summed E-state index contributed by atoms with van der Waals surface area (Å²) in [5.41, 5.74) is 1.38. The Labute approximate surface area is 162 Å². The van der Waals surface area contributed by atoms with Gasteiger partial charge in [0.2, 0.25) is 5.91 Å². The summed E-state index contributed by atoms with van der Waals surface area (Å²) >= 11 is 0. The molecule has 1 aromatic carbocycles. The van der Waals surface area contributed by atoms with Gasteiger partial charge in [0.05, 0.1) is 11.3 Å². The number of halogens is 1. The maximum atomic E-state index is 13.0. The Kier molecular flexibility index (Phi) is 7.47. The van der Waals surface area contributed by atoms with Gasteiger partial charge >= 0.3 is 0 Å². The van der Waals surface area contributed by atoms with E-state index in [-0.39, 0.29) is 30.1 Å². The van der Waals surface area contributed by atoms with E-state index in [1.54, 1.807) is 11.9 Å². The van der Waals surface area contributed by atoms with Crippen molar-refractivity contribution in [3.8, 4) is 0 Å². The number of amides is 2. The van der Waals surface area contributed by atoms with Crippen LogP contribution in [0.1, 0.15) is 42.5 Å². The highest BCUT2D eigenvalue weighted by atomic mass is 35.5. The molecule has 26 heavy (non-hydrogen) atoms. The second kappa shape index (κ2) is 9.38. The Hall–Kier alpha value is -1.59. The average Bonchev–Trinajstić information content (AvgIpc) is 3.50. The molecule has 2 fully saturated rings. The predicted molar refractivity (Wildman–Crippen MR) is 107 cm³/mol. The van der Waals surface area contributed by atoms with Crippen molar-refractivity contribution in [1.29, 1.82) is 0 Å². The minimum absolute atomic E-state index is 0. The number of carbonyl (C=O) groups is 2. The van der Waals surface area contributed by atoms with Gasteiger partial charge in [-0.15, -0.1) is 12.4 Å². The summed E-state index contributed by atoms with van der Waals surface area (Å²) < 4.78 is 0. The molecule has 3 rings (SSSR count). The molecule has 0 atom stereocenters. The molecule has 5 nitrogen and oxygen atoms in total. The summed E-state index contributed by atoms with van der Waals surface area (Å²) in [5, 5.41) is 3.20. The van der Waals surface area contributed by atoms with Crippen LogP contribution >= 0.6 is 12.4 Å². The first kappa shape index (κ1) is 20.7. The van der Waals surface area contributed by atoms with Crippen LogP contribution in [0.5, 0.6) is 0 Å². The van der Waals surface area contributed by atoms with E-state index in [1.807, 2.05) is 36.2 Å². The molecule has 1 saturated carbocycles. The van der Waals surface area contributed by atoms with Gasteiger partial charge in [0, 0.05) is 26.1 Å². The van der Waals surface area contributed by atoms with Gasteiger partial charge in [-0.2, -0.15) is 0 Å². The van der Waals surface area contributed by atoms with Crippen molar-refractivity contribution in [2.75, 3.05) is 38.6 Å². The second-order valence-corrected chi connectivity index (χ2v) is 7.32. The highest BCUT2D eigenvalue weighted by Crippen LogP contribution is 2.33. The largest absolute Gasteiger partial charge is 0.339 e. The first-order chi connectivity index (χ1) is 12.1. The van der Waals surface area contributed by atoms with Crippen LogP contribution in [0, 0.1) is 11.8 Å². The van der Waals surface area contributed by atoms with Crippen molar-refractivity contribution >= 4 is 29.9 Å². The van der Waals surface area contributed by atoms with Gasteiger partial charge in [-0.05, 0) is 63.7 Å². The summed E-state index contributed by atoms with van der Waals surface area (Å²) in [6.45, 7) is 2.65. The number of rotatable bonds is 6. The van der Waals surface area contributed by atoms with Gasteiger partial charge in [-0.1, -0.05) is 12.1 Å². The number of anilines is 1. The lowest BCUT2D eigenvalue weighted by molar-refractivity contribution is -0.119. The molecule has 0 radical (unpaired) electrons. The Morgan fingerprint density at radius 3 is 2.42 bits per heavy atom. The maximum Gasteiger partial charge on any atom is 0.255 e. The molecule has 2 amide bonds. The summed E-state index contributed by atoms with van der Waals surface area (Å²) in [6, 6.07) is 7.51. The molecule has 0 unspecified atom stereocenters. The number of likely N-dealkylation sites (tertiary alicyclic amines) is 1. The molecular formula is C20H30ClN3O2. The summed E-state index contributed by atoms with van der Waals surface area (Å²) in [5.74, 6) is 1.03. The van der Waals surface area contributed by atoms with E-state index in [4.69, 9.17) is 0 Å². The standard InChI is InChI=1S/C20H29N3O2.ClH/c1-21-12-9-15-10-13-23(14-11-15)20(25)17-5-3-4-6-18(17)22(2)19(24)16-7-8-16;/h3-6,15-16,21H,7-14H2,1-2H3;1H. The quantitative estimate of drug-likeness (QED) is 0.826. The number of hydrogen-bond donors (Lipinski definition) is 1. The van der Waals surface area contributed by atoms with Crippen molar-refractivity contribution in [3.05, 3.63) is 29.8 Å². The summed E-state index contributed by atoms with van der Waals surface area (Å²) in [6.07, 6.45) is 5.24. The van der Waals surface area contributed by atoms with Crippen LogP contribution in [0.4, 0.5) is 5.69 Å². The number of piperidine rings is 1. The molecule has 1 saturated heterocycles. The van der Waals surface area contributed by atoms with Crippen molar-refractivity contribution in [2.45, 2.75) is 32.1 Å². The molecule has 1 aliphatic heterocycles. The Morgan fingerprint density at radius 1 is 1.15 bits per heavy atom. The van der Waals surface area contributed by atoms with Crippen LogP contribution in [0.15, 0.2) is 24.3 Å². The minimum Gasteiger partial charge on any atom is -0.339 e. The summed E-state index contributed by atoms with van der Waals surface area (Å²) in [7, 11) is 3.77. The van der Waals surface area contributed by atoms with E-state index in [9.17, 15) is 9.59 Å². The lowest BCUT2D eigenvalue weighted by atomic mass is 9.93. The first-order valence-corrected chi connectivity index (χ1v) is 9.42. The van der Waals surface area contributed by atoms with Crippen LogP contribution in [0.3, 0.4) is 0 Å². The maximum absolute atomic E-state index is 13.0. The molecule has 0 spiro atoms. The molecule has 1 N–H and O–H groups in total. The number of carbonyl (C=O) groups excluding carboxylic acids is 2. The molecule has 2 aliphatic rings. The lowest BCUT2D eigenvalue weighted by Gasteiger charge is -2.33. The third-order valence-corrected chi connectivity index (χ3v) is 5.46. The van der Waals surface area contributed by atoms with Gasteiger partial charge < -0.3 is 15.1 Å². The molecule has 144 valence electrons. The van der Waals surface area contributed by atoms with Gasteiger partial charge in [0.25, 0.3) is 5.91 Å². The Morgan fingerprint density at radius 2 is 1.81 bits per heavy atom. The monoisotopic (exact) mass is 379 g/mol. The zero-order chi connectivity index (χ0) is 17.8. The fraction of sp³-hybridized carbons (Fsp3) is 0.600. The van der Waals surface area contributed by atoms with Crippen molar-refractivity contribution in [3.63, 3.8) is 0 Å². The zero-order valence-corrected chi connectivity index (χ0v) is 16.6. The predicted octanol–water partition coefficient (Wildman–Crippen LogP) is 2.94. The zero-order valence-electron chi connectivity index (χ0n) is 15.7. The smallest absolute Gasteiger partial charge is 0.255 e. The molecule has 6 heteroatoms. The minimum atomic E-state index is 0. The fourth-order valence-corrected chi connectivity index (χ4v) is 3.61. The normalized spacial score (nSPS) is 17.5. The molecule has 0 bridgehead atoms. The van der Waals surface area contributed by atoms with Crippen molar-refractivity contribution in [2.24, 2.45) is 11.8 Å². The Balaban J connectivity index is 0.00000243. The highest BCUT2D eigenvalue weighted by Gasteiger charge is 2.34. The van der Waals surface area contributed by atoms with Gasteiger partial charge in [-0.3, -0.25) is 9.59 Å². The van der Waals surface area contributed by atoms with E-state index in [0.29, 0.717) is 11.5 Å². The first-order valence-electron chi connectivity index (χ1n) is 9.42. The van der Waals surface area contributed by atoms with Crippen molar-refractivity contribution < 1.29 is 9.59 Å². The van der Waals surface area contributed by atoms with E-state index in [0.717, 1.165) is 51.0 Å². The molecule has 1 aliphatic carbocycles. The van der Waals surface area contributed by atoms with Crippen LogP contribution in [0.2, 0.25) is 0 Å². The lowest BCUT2D eigenvalue weighted by Crippen LogP contribution is -2.40. The SMILES string of the molecule is CNCCC1CCN(C(=O)c2ccccc2N(C)C(=O)C2CC2)CC1.Cl. The fourth-order valence-electron chi connectivity index (χ4n) is 3.61. The number of benzene rings is 1.